The molecule has 2 heterocycles. The molecule has 8 heteroatoms. The highest BCUT2D eigenvalue weighted by Crippen LogP contribution is 2.25. The number of aromatic nitrogens is 2. The summed E-state index contributed by atoms with van der Waals surface area (Å²) in [6.45, 7) is 6.55. The molecule has 1 aliphatic heterocycles. The van der Waals surface area contributed by atoms with Crippen LogP contribution in [0.15, 0.2) is 73.8 Å². The fourth-order valence-corrected chi connectivity index (χ4v) is 4.18. The van der Waals surface area contributed by atoms with Crippen molar-refractivity contribution in [3.8, 4) is 17.0 Å². The largest absolute Gasteiger partial charge is 0.507 e. The van der Waals surface area contributed by atoms with E-state index in [2.05, 4.69) is 28.6 Å². The van der Waals surface area contributed by atoms with Crippen LogP contribution in [0.25, 0.3) is 11.3 Å². The number of likely N-dealkylation sites (tertiary alicyclic amines) is 1. The lowest BCUT2D eigenvalue weighted by Crippen LogP contribution is -2.45. The molecule has 8 nitrogen and oxygen atoms in total. The summed E-state index contributed by atoms with van der Waals surface area (Å²) in [6.07, 6.45) is 6.32. The van der Waals surface area contributed by atoms with Crippen molar-refractivity contribution in [2.75, 3.05) is 13.1 Å². The van der Waals surface area contributed by atoms with Gasteiger partial charge in [0.1, 0.15) is 12.1 Å². The first-order valence-corrected chi connectivity index (χ1v) is 10.8. The Morgan fingerprint density at radius 3 is 2.58 bits per heavy atom. The zero-order chi connectivity index (χ0) is 23.4. The number of carbonyl (C=O) groups is 2. The number of phenols is 1. The van der Waals surface area contributed by atoms with Gasteiger partial charge in [-0.25, -0.2) is 9.78 Å². The van der Waals surface area contributed by atoms with Crippen LogP contribution in [0, 0.1) is 0 Å². The number of carbonyl (C=O) groups excluding carboxylic acids is 2. The summed E-state index contributed by atoms with van der Waals surface area (Å²) in [6, 6.07) is 14.7. The number of amides is 2. The van der Waals surface area contributed by atoms with Crippen LogP contribution in [0.2, 0.25) is 0 Å². The van der Waals surface area contributed by atoms with Crippen molar-refractivity contribution >= 4 is 11.9 Å². The summed E-state index contributed by atoms with van der Waals surface area (Å²) in [5.41, 5.74) is 7.67. The predicted octanol–water partition coefficient (Wildman–Crippen LogP) is 3.43. The summed E-state index contributed by atoms with van der Waals surface area (Å²) in [7, 11) is 0. The van der Waals surface area contributed by atoms with E-state index in [9.17, 15) is 14.7 Å². The van der Waals surface area contributed by atoms with Crippen LogP contribution >= 0.6 is 0 Å². The lowest BCUT2D eigenvalue weighted by molar-refractivity contribution is 0.0997. The van der Waals surface area contributed by atoms with E-state index in [0.29, 0.717) is 11.3 Å². The molecule has 0 spiro atoms. The van der Waals surface area contributed by atoms with Crippen LogP contribution in [0.3, 0.4) is 0 Å². The molecule has 0 unspecified atom stereocenters. The van der Waals surface area contributed by atoms with Gasteiger partial charge in [0.2, 0.25) is 0 Å². The maximum Gasteiger partial charge on any atom is 0.333 e. The van der Waals surface area contributed by atoms with E-state index >= 15 is 0 Å². The number of benzene rings is 2. The quantitative estimate of drug-likeness (QED) is 0.605. The number of nitrogens with two attached hydrogens (primary N) is 1. The Labute approximate surface area is 192 Å². The molecule has 2 amide bonds. The van der Waals surface area contributed by atoms with Gasteiger partial charge in [0.15, 0.2) is 0 Å². The van der Waals surface area contributed by atoms with Crippen LogP contribution in [-0.2, 0) is 6.54 Å². The molecule has 3 aromatic rings. The third kappa shape index (κ3) is 4.96. The van der Waals surface area contributed by atoms with Crippen molar-refractivity contribution in [3.63, 3.8) is 0 Å². The normalized spacial score (nSPS) is 14.7. The molecule has 0 bridgehead atoms. The Balaban J connectivity index is 1.42. The van der Waals surface area contributed by atoms with Crippen molar-refractivity contribution in [2.24, 2.45) is 5.73 Å². The predicted molar refractivity (Wildman–Crippen MR) is 125 cm³/mol. The van der Waals surface area contributed by atoms with Crippen LogP contribution in [0.4, 0.5) is 4.79 Å². The summed E-state index contributed by atoms with van der Waals surface area (Å²) in [5.74, 6) is -0.931. The average Bonchev–Trinajstić information content (AvgIpc) is 3.32. The molecule has 3 N–H and O–H groups in total. The number of aromatic hydroxyl groups is 1. The molecule has 1 saturated heterocycles. The number of piperidine rings is 1. The summed E-state index contributed by atoms with van der Waals surface area (Å²) in [5, 5.41) is 9.79. The summed E-state index contributed by atoms with van der Waals surface area (Å²) in [4.78, 5) is 33.0. The highest BCUT2D eigenvalue weighted by atomic mass is 16.3. The molecule has 1 aliphatic rings. The SMILES string of the molecule is C=CN(C(=O)n1cnc(-c2ccc(O)c(C(N)=O)c2)c1)C1CCN(Cc2ccccc2)CC1. The van der Waals surface area contributed by atoms with Gasteiger partial charge in [-0.3, -0.25) is 19.2 Å². The monoisotopic (exact) mass is 445 g/mol. The molecular formula is C25H27N5O3. The Hall–Kier alpha value is -3.91. The van der Waals surface area contributed by atoms with E-state index in [4.69, 9.17) is 5.73 Å². The van der Waals surface area contributed by atoms with Crippen molar-refractivity contribution in [1.82, 2.24) is 19.4 Å². The number of primary amides is 1. The number of nitrogens with zero attached hydrogens (tertiary/aromatic N) is 4. The minimum atomic E-state index is -0.735. The number of hydrogen-bond acceptors (Lipinski definition) is 5. The van der Waals surface area contributed by atoms with Crippen LogP contribution in [0.5, 0.6) is 5.75 Å². The molecule has 0 atom stereocenters. The van der Waals surface area contributed by atoms with Crippen LogP contribution in [-0.4, -0.2) is 55.5 Å². The zero-order valence-electron chi connectivity index (χ0n) is 18.3. The standard InChI is InChI=1S/C25H27N5O3/c1-2-30(20-10-12-28(13-11-20)15-18-6-4-3-5-7-18)25(33)29-16-22(27-17-29)19-8-9-23(31)21(14-19)24(26)32/h2-9,14,16-17,20,31H,1,10-13,15H2,(H2,26,32). The van der Waals surface area contributed by atoms with Gasteiger partial charge in [0, 0.05) is 43.6 Å². The molecule has 1 aromatic heterocycles. The van der Waals surface area contributed by atoms with Crippen LogP contribution < -0.4 is 5.73 Å². The van der Waals surface area contributed by atoms with Crippen molar-refractivity contribution in [2.45, 2.75) is 25.4 Å². The molecule has 4 rings (SSSR count). The highest BCUT2D eigenvalue weighted by molar-refractivity contribution is 5.96. The van der Waals surface area contributed by atoms with Crippen LogP contribution in [0.1, 0.15) is 28.8 Å². The highest BCUT2D eigenvalue weighted by Gasteiger charge is 2.27. The minimum Gasteiger partial charge on any atom is -0.507 e. The van der Waals surface area contributed by atoms with Gasteiger partial charge in [-0.15, -0.1) is 0 Å². The first kappa shape index (κ1) is 22.3. The Morgan fingerprint density at radius 2 is 1.91 bits per heavy atom. The fraction of sp³-hybridized carbons (Fsp3) is 0.240. The number of imidazole rings is 1. The number of rotatable bonds is 6. The second-order valence-corrected chi connectivity index (χ2v) is 8.13. The lowest BCUT2D eigenvalue weighted by Gasteiger charge is -2.36. The lowest BCUT2D eigenvalue weighted by atomic mass is 10.0. The smallest absolute Gasteiger partial charge is 0.333 e. The van der Waals surface area contributed by atoms with E-state index < -0.39 is 5.91 Å². The van der Waals surface area contributed by atoms with E-state index in [1.54, 1.807) is 23.4 Å². The maximum atomic E-state index is 13.2. The van der Waals surface area contributed by atoms with Gasteiger partial charge >= 0.3 is 6.03 Å². The first-order valence-electron chi connectivity index (χ1n) is 10.8. The zero-order valence-corrected chi connectivity index (χ0v) is 18.3. The third-order valence-electron chi connectivity index (χ3n) is 5.98. The molecule has 170 valence electrons. The molecule has 0 saturated carbocycles. The Morgan fingerprint density at radius 1 is 1.18 bits per heavy atom. The molecule has 0 radical (unpaired) electrons. The Kier molecular flexibility index (Phi) is 6.55. The van der Waals surface area contributed by atoms with Gasteiger partial charge in [-0.1, -0.05) is 36.9 Å². The molecule has 1 fully saturated rings. The third-order valence-corrected chi connectivity index (χ3v) is 5.98. The van der Waals surface area contributed by atoms with Gasteiger partial charge in [-0.2, -0.15) is 0 Å². The van der Waals surface area contributed by atoms with Gasteiger partial charge < -0.3 is 10.8 Å². The van der Waals surface area contributed by atoms with Gasteiger partial charge in [0.25, 0.3) is 5.91 Å². The molecular weight excluding hydrogens is 418 g/mol. The molecule has 33 heavy (non-hydrogen) atoms. The number of hydrogen-bond donors (Lipinski definition) is 2. The summed E-state index contributed by atoms with van der Waals surface area (Å²) >= 11 is 0. The van der Waals surface area contributed by atoms with Crippen molar-refractivity contribution in [3.05, 3.63) is 85.0 Å². The van der Waals surface area contributed by atoms with E-state index in [1.807, 2.05) is 18.2 Å². The second-order valence-electron chi connectivity index (χ2n) is 8.13. The minimum absolute atomic E-state index is 0.00311. The fourth-order valence-electron chi connectivity index (χ4n) is 4.18. The van der Waals surface area contributed by atoms with E-state index in [0.717, 1.165) is 32.5 Å². The molecule has 0 aliphatic carbocycles. The molecule has 2 aromatic carbocycles. The topological polar surface area (TPSA) is 105 Å². The average molecular weight is 446 g/mol. The second kappa shape index (κ2) is 9.70. The van der Waals surface area contributed by atoms with Crippen molar-refractivity contribution < 1.29 is 14.7 Å². The van der Waals surface area contributed by atoms with Gasteiger partial charge in [0.05, 0.1) is 11.3 Å². The van der Waals surface area contributed by atoms with E-state index in [1.165, 1.54) is 28.6 Å². The summed E-state index contributed by atoms with van der Waals surface area (Å²) < 4.78 is 1.41. The van der Waals surface area contributed by atoms with Crippen molar-refractivity contribution in [1.29, 1.82) is 0 Å². The van der Waals surface area contributed by atoms with Gasteiger partial charge in [-0.05, 0) is 36.6 Å². The first-order chi connectivity index (χ1) is 16.0. The Bertz CT molecular complexity index is 1150. The maximum absolute atomic E-state index is 13.2. The van der Waals surface area contributed by atoms with E-state index in [-0.39, 0.29) is 23.4 Å².